The number of fused-ring (bicyclic) bond motifs is 2. The van der Waals surface area contributed by atoms with Gasteiger partial charge in [0.2, 0.25) is 0 Å². The van der Waals surface area contributed by atoms with Gasteiger partial charge in [-0.3, -0.25) is 4.79 Å². The van der Waals surface area contributed by atoms with Crippen molar-refractivity contribution in [1.29, 1.82) is 0 Å². The number of aliphatic carboxylic acids is 1. The SMILES string of the molecule is CC12CCC(C(=O)O)(C/C1=N/O)C2(C)C. The Morgan fingerprint density at radius 2 is 1.93 bits per heavy atom. The number of hydrogen-bond acceptors (Lipinski definition) is 3. The van der Waals surface area contributed by atoms with E-state index < -0.39 is 11.4 Å². The molecule has 2 N–H and O–H groups in total. The summed E-state index contributed by atoms with van der Waals surface area (Å²) >= 11 is 0. The predicted molar refractivity (Wildman–Crippen MR) is 55.0 cm³/mol. The zero-order chi connectivity index (χ0) is 11.5. The van der Waals surface area contributed by atoms with Gasteiger partial charge in [0.25, 0.3) is 0 Å². The number of carbonyl (C=O) groups is 1. The smallest absolute Gasteiger partial charge is 0.310 e. The fourth-order valence-electron chi connectivity index (χ4n) is 3.51. The van der Waals surface area contributed by atoms with E-state index in [0.717, 1.165) is 6.42 Å². The van der Waals surface area contributed by atoms with Crippen LogP contribution in [0.25, 0.3) is 0 Å². The maximum Gasteiger partial charge on any atom is 0.310 e. The number of nitrogens with zero attached hydrogens (tertiary/aromatic N) is 1. The summed E-state index contributed by atoms with van der Waals surface area (Å²) in [4.78, 5) is 11.5. The second-order valence-corrected chi connectivity index (χ2v) is 5.57. The molecule has 2 aliphatic carbocycles. The van der Waals surface area contributed by atoms with Crippen LogP contribution in [0.4, 0.5) is 0 Å². The van der Waals surface area contributed by atoms with Gasteiger partial charge in [-0.05, 0) is 18.3 Å². The number of carboxylic acid groups (broad SMARTS) is 1. The van der Waals surface area contributed by atoms with Crippen LogP contribution >= 0.6 is 0 Å². The van der Waals surface area contributed by atoms with E-state index in [1.807, 2.05) is 20.8 Å². The highest BCUT2D eigenvalue weighted by molar-refractivity contribution is 6.00. The Balaban J connectivity index is 2.61. The monoisotopic (exact) mass is 211 g/mol. The third-order valence-electron chi connectivity index (χ3n) is 5.26. The van der Waals surface area contributed by atoms with Crippen molar-refractivity contribution < 1.29 is 15.1 Å². The van der Waals surface area contributed by atoms with Gasteiger partial charge in [-0.15, -0.1) is 0 Å². The second-order valence-electron chi connectivity index (χ2n) is 5.57. The van der Waals surface area contributed by atoms with Crippen molar-refractivity contribution in [2.45, 2.75) is 40.0 Å². The van der Waals surface area contributed by atoms with Crippen molar-refractivity contribution in [3.63, 3.8) is 0 Å². The van der Waals surface area contributed by atoms with E-state index >= 15 is 0 Å². The van der Waals surface area contributed by atoms with Crippen LogP contribution in [0, 0.1) is 16.2 Å². The van der Waals surface area contributed by atoms with Gasteiger partial charge in [0.15, 0.2) is 0 Å². The Labute approximate surface area is 89.0 Å². The summed E-state index contributed by atoms with van der Waals surface area (Å²) in [6.45, 7) is 5.97. The van der Waals surface area contributed by atoms with Crippen molar-refractivity contribution >= 4 is 11.7 Å². The third kappa shape index (κ3) is 0.840. The molecule has 84 valence electrons. The summed E-state index contributed by atoms with van der Waals surface area (Å²) in [5.74, 6) is -0.755. The fraction of sp³-hybridized carbons (Fsp3) is 0.818. The molecule has 2 aliphatic rings. The summed E-state index contributed by atoms with van der Waals surface area (Å²) in [6, 6.07) is 0. The minimum atomic E-state index is -0.755. The summed E-state index contributed by atoms with van der Waals surface area (Å²) in [5.41, 5.74) is -0.683. The predicted octanol–water partition coefficient (Wildman–Crippen LogP) is 2.12. The molecule has 0 heterocycles. The van der Waals surface area contributed by atoms with E-state index in [1.54, 1.807) is 0 Å². The first kappa shape index (κ1) is 10.5. The Morgan fingerprint density at radius 3 is 2.27 bits per heavy atom. The molecule has 0 spiro atoms. The maximum atomic E-state index is 11.5. The molecule has 0 amide bonds. The quantitative estimate of drug-likeness (QED) is 0.515. The average Bonchev–Trinajstić information content (AvgIpc) is 2.46. The lowest BCUT2D eigenvalue weighted by atomic mass is 9.65. The lowest BCUT2D eigenvalue weighted by Crippen LogP contribution is -2.40. The van der Waals surface area contributed by atoms with Crippen LogP contribution < -0.4 is 0 Å². The Bertz CT molecular complexity index is 361. The molecule has 2 atom stereocenters. The molecule has 2 unspecified atom stereocenters. The molecule has 4 nitrogen and oxygen atoms in total. The summed E-state index contributed by atoms with van der Waals surface area (Å²) in [5, 5.41) is 21.7. The third-order valence-corrected chi connectivity index (χ3v) is 5.26. The number of hydrogen-bond donors (Lipinski definition) is 2. The van der Waals surface area contributed by atoms with Crippen LogP contribution in [0.1, 0.15) is 40.0 Å². The first-order chi connectivity index (χ1) is 6.82. The molecule has 0 aliphatic heterocycles. The molecule has 0 saturated heterocycles. The molecule has 0 aromatic rings. The Hall–Kier alpha value is -1.06. The number of oxime groups is 1. The van der Waals surface area contributed by atoms with Crippen molar-refractivity contribution in [3.8, 4) is 0 Å². The van der Waals surface area contributed by atoms with E-state index in [2.05, 4.69) is 5.16 Å². The van der Waals surface area contributed by atoms with Gasteiger partial charge in [-0.1, -0.05) is 25.9 Å². The summed E-state index contributed by atoms with van der Waals surface area (Å²) in [7, 11) is 0. The topological polar surface area (TPSA) is 69.9 Å². The van der Waals surface area contributed by atoms with Crippen molar-refractivity contribution in [2.24, 2.45) is 21.4 Å². The molecule has 15 heavy (non-hydrogen) atoms. The van der Waals surface area contributed by atoms with Gasteiger partial charge in [0, 0.05) is 11.8 Å². The van der Waals surface area contributed by atoms with Crippen LogP contribution in [0.5, 0.6) is 0 Å². The maximum absolute atomic E-state index is 11.5. The summed E-state index contributed by atoms with van der Waals surface area (Å²) in [6.07, 6.45) is 1.87. The van der Waals surface area contributed by atoms with Gasteiger partial charge in [0.1, 0.15) is 0 Å². The molecule has 0 radical (unpaired) electrons. The molecule has 0 aromatic heterocycles. The molecule has 4 heteroatoms. The molecule has 2 rings (SSSR count). The van der Waals surface area contributed by atoms with Crippen LogP contribution in [-0.2, 0) is 4.79 Å². The van der Waals surface area contributed by atoms with Gasteiger partial charge in [-0.2, -0.15) is 0 Å². The van der Waals surface area contributed by atoms with E-state index in [4.69, 9.17) is 5.21 Å². The van der Waals surface area contributed by atoms with Gasteiger partial charge in [-0.25, -0.2) is 0 Å². The molecular formula is C11H17NO3. The fourth-order valence-corrected chi connectivity index (χ4v) is 3.51. The highest BCUT2D eigenvalue weighted by Gasteiger charge is 2.72. The normalized spacial score (nSPS) is 44.9. The van der Waals surface area contributed by atoms with E-state index in [-0.39, 0.29) is 10.8 Å². The first-order valence-electron chi connectivity index (χ1n) is 5.27. The summed E-state index contributed by atoms with van der Waals surface area (Å²) < 4.78 is 0. The van der Waals surface area contributed by atoms with Crippen LogP contribution in [0.3, 0.4) is 0 Å². The average molecular weight is 211 g/mol. The minimum Gasteiger partial charge on any atom is -0.481 e. The van der Waals surface area contributed by atoms with Gasteiger partial charge in [0.05, 0.1) is 11.1 Å². The zero-order valence-corrected chi connectivity index (χ0v) is 9.37. The highest BCUT2D eigenvalue weighted by Crippen LogP contribution is 2.70. The van der Waals surface area contributed by atoms with Gasteiger partial charge < -0.3 is 10.3 Å². The molecule has 2 bridgehead atoms. The van der Waals surface area contributed by atoms with E-state index in [9.17, 15) is 9.90 Å². The number of rotatable bonds is 1. The van der Waals surface area contributed by atoms with Crippen LogP contribution in [0.2, 0.25) is 0 Å². The van der Waals surface area contributed by atoms with E-state index in [1.165, 1.54) is 0 Å². The van der Waals surface area contributed by atoms with Crippen molar-refractivity contribution in [3.05, 3.63) is 0 Å². The van der Waals surface area contributed by atoms with Crippen molar-refractivity contribution in [2.75, 3.05) is 0 Å². The van der Waals surface area contributed by atoms with Crippen molar-refractivity contribution in [1.82, 2.24) is 0 Å². The van der Waals surface area contributed by atoms with E-state index in [0.29, 0.717) is 18.6 Å². The standard InChI is InChI=1S/C11H17NO3/c1-9(2)10(3)4-5-11(9,8(13)14)6-7(10)12-15/h15H,4-6H2,1-3H3,(H,13,14)/b12-7-. The van der Waals surface area contributed by atoms with Crippen LogP contribution in [-0.4, -0.2) is 22.0 Å². The second kappa shape index (κ2) is 2.54. The highest BCUT2D eigenvalue weighted by atomic mass is 16.4. The first-order valence-corrected chi connectivity index (χ1v) is 5.27. The van der Waals surface area contributed by atoms with Crippen LogP contribution in [0.15, 0.2) is 5.16 Å². The van der Waals surface area contributed by atoms with Gasteiger partial charge >= 0.3 is 5.97 Å². The molecule has 2 fully saturated rings. The Morgan fingerprint density at radius 1 is 1.33 bits per heavy atom. The largest absolute Gasteiger partial charge is 0.481 e. The zero-order valence-electron chi connectivity index (χ0n) is 9.37. The molecule has 2 saturated carbocycles. The lowest BCUT2D eigenvalue weighted by molar-refractivity contribution is -0.154. The molecule has 0 aromatic carbocycles. The molecular weight excluding hydrogens is 194 g/mol. The number of carboxylic acids is 1. The Kier molecular flexibility index (Phi) is 1.77. The minimum absolute atomic E-state index is 0.264. The lowest BCUT2D eigenvalue weighted by Gasteiger charge is -2.37.